The topological polar surface area (TPSA) is 66.4 Å². The van der Waals surface area contributed by atoms with E-state index in [0.29, 0.717) is 18.7 Å². The maximum Gasteiger partial charge on any atom is 0.433 e. The van der Waals surface area contributed by atoms with Crippen molar-refractivity contribution >= 4 is 17.9 Å². The number of aromatic nitrogens is 2. The van der Waals surface area contributed by atoms with E-state index in [1.54, 1.807) is 16.0 Å². The van der Waals surface area contributed by atoms with Crippen LogP contribution in [0.3, 0.4) is 0 Å². The van der Waals surface area contributed by atoms with Gasteiger partial charge in [-0.3, -0.25) is 19.6 Å². The first kappa shape index (κ1) is 31.4. The number of rotatable bonds is 9. The lowest BCUT2D eigenvalue weighted by molar-refractivity contribution is -0.144. The predicted octanol–water partition coefficient (Wildman–Crippen LogP) is 7.36. The second-order valence-corrected chi connectivity index (χ2v) is 11.4. The SMILES string of the molecule is O=C([C@H](Cc1ccccc1)N(Cc1ccc(-c2ccccn2)cc1)C(=O)/C=C/c1ccc(C(F)(F)F)nc1)N1Cc2ccccc2C1. The largest absolute Gasteiger partial charge is 0.433 e. The van der Waals surface area contributed by atoms with E-state index in [2.05, 4.69) is 9.97 Å². The summed E-state index contributed by atoms with van der Waals surface area (Å²) < 4.78 is 39.1. The molecule has 0 N–H and O–H groups in total. The number of halogens is 3. The van der Waals surface area contributed by atoms with Crippen molar-refractivity contribution in [2.75, 3.05) is 0 Å². The van der Waals surface area contributed by atoms with E-state index < -0.39 is 23.8 Å². The number of carbonyl (C=O) groups is 2. The molecule has 0 spiro atoms. The van der Waals surface area contributed by atoms with Crippen molar-refractivity contribution in [1.29, 1.82) is 0 Å². The molecule has 2 aromatic heterocycles. The van der Waals surface area contributed by atoms with Gasteiger partial charge in [0.05, 0.1) is 5.69 Å². The molecule has 236 valence electrons. The van der Waals surface area contributed by atoms with E-state index in [-0.39, 0.29) is 18.9 Å². The van der Waals surface area contributed by atoms with Gasteiger partial charge in [0, 0.05) is 50.1 Å². The van der Waals surface area contributed by atoms with Crippen LogP contribution in [0.1, 0.15) is 33.5 Å². The standard InChI is InChI=1S/C38H31F3N4O2/c39-38(40,41)35-19-15-28(23-43-35)16-20-36(46)45(24-29-13-17-30(18-14-29)33-12-6-7-21-42-33)34(22-27-8-2-1-3-9-27)37(47)44-25-31-10-4-5-11-32(31)26-44/h1-21,23,34H,22,24-26H2/b20-16+/t34-/m0/s1. The van der Waals surface area contributed by atoms with Crippen LogP contribution in [-0.4, -0.2) is 37.6 Å². The highest BCUT2D eigenvalue weighted by Crippen LogP contribution is 2.28. The zero-order valence-electron chi connectivity index (χ0n) is 25.3. The summed E-state index contributed by atoms with van der Waals surface area (Å²) >= 11 is 0. The van der Waals surface area contributed by atoms with Crippen LogP contribution >= 0.6 is 0 Å². The second-order valence-electron chi connectivity index (χ2n) is 11.4. The van der Waals surface area contributed by atoms with E-state index in [9.17, 15) is 22.8 Å². The summed E-state index contributed by atoms with van der Waals surface area (Å²) in [4.78, 5) is 39.7. The van der Waals surface area contributed by atoms with Gasteiger partial charge in [-0.15, -0.1) is 0 Å². The van der Waals surface area contributed by atoms with Crippen LogP contribution in [0, 0.1) is 0 Å². The number of alkyl halides is 3. The summed E-state index contributed by atoms with van der Waals surface area (Å²) in [7, 11) is 0. The minimum absolute atomic E-state index is 0.126. The van der Waals surface area contributed by atoms with Crippen molar-refractivity contribution in [3.63, 3.8) is 0 Å². The summed E-state index contributed by atoms with van der Waals surface area (Å²) in [5.74, 6) is -0.641. The fourth-order valence-electron chi connectivity index (χ4n) is 5.66. The smallest absolute Gasteiger partial charge is 0.332 e. The van der Waals surface area contributed by atoms with Crippen LogP contribution < -0.4 is 0 Å². The molecule has 0 bridgehead atoms. The van der Waals surface area contributed by atoms with Crippen molar-refractivity contribution < 1.29 is 22.8 Å². The molecule has 0 saturated carbocycles. The van der Waals surface area contributed by atoms with Gasteiger partial charge < -0.3 is 9.80 Å². The Hall–Kier alpha value is -5.57. The third-order valence-electron chi connectivity index (χ3n) is 8.13. The third-order valence-corrected chi connectivity index (χ3v) is 8.13. The average molecular weight is 633 g/mol. The molecule has 6 nitrogen and oxygen atoms in total. The van der Waals surface area contributed by atoms with Gasteiger partial charge in [-0.1, -0.05) is 91.0 Å². The minimum Gasteiger partial charge on any atom is -0.332 e. The van der Waals surface area contributed by atoms with Crippen LogP contribution in [0.5, 0.6) is 0 Å². The van der Waals surface area contributed by atoms with Crippen LogP contribution in [0.15, 0.2) is 128 Å². The van der Waals surface area contributed by atoms with Crippen molar-refractivity contribution in [3.05, 3.63) is 161 Å². The number of benzene rings is 3. The zero-order chi connectivity index (χ0) is 32.8. The molecule has 3 heterocycles. The summed E-state index contributed by atoms with van der Waals surface area (Å²) in [6.45, 7) is 1.00. The van der Waals surface area contributed by atoms with Gasteiger partial charge in [0.25, 0.3) is 0 Å². The fourth-order valence-corrected chi connectivity index (χ4v) is 5.66. The van der Waals surface area contributed by atoms with E-state index in [0.717, 1.165) is 45.8 Å². The molecule has 1 aliphatic heterocycles. The van der Waals surface area contributed by atoms with Crippen molar-refractivity contribution in [3.8, 4) is 11.3 Å². The Balaban J connectivity index is 1.33. The Morgan fingerprint density at radius 2 is 1.47 bits per heavy atom. The van der Waals surface area contributed by atoms with Crippen molar-refractivity contribution in [2.45, 2.75) is 38.3 Å². The number of carbonyl (C=O) groups excluding carboxylic acids is 2. The molecule has 6 rings (SSSR count). The van der Waals surface area contributed by atoms with Gasteiger partial charge in [0.1, 0.15) is 11.7 Å². The van der Waals surface area contributed by atoms with Crippen LogP contribution in [-0.2, 0) is 41.8 Å². The summed E-state index contributed by atoms with van der Waals surface area (Å²) in [5.41, 5.74) is 4.86. The number of hydrogen-bond donors (Lipinski definition) is 0. The second kappa shape index (κ2) is 13.8. The van der Waals surface area contributed by atoms with Gasteiger partial charge in [0.2, 0.25) is 11.8 Å². The highest BCUT2D eigenvalue weighted by Gasteiger charge is 2.35. The highest BCUT2D eigenvalue weighted by atomic mass is 19.4. The first-order valence-corrected chi connectivity index (χ1v) is 15.2. The monoisotopic (exact) mass is 632 g/mol. The molecule has 0 fully saturated rings. The minimum atomic E-state index is -4.57. The predicted molar refractivity (Wildman–Crippen MR) is 173 cm³/mol. The molecular weight excluding hydrogens is 601 g/mol. The molecule has 47 heavy (non-hydrogen) atoms. The van der Waals surface area contributed by atoms with Crippen LogP contribution in [0.4, 0.5) is 13.2 Å². The van der Waals surface area contributed by atoms with Crippen molar-refractivity contribution in [1.82, 2.24) is 19.8 Å². The number of fused-ring (bicyclic) bond motifs is 1. The molecule has 0 aliphatic carbocycles. The molecule has 0 unspecified atom stereocenters. The maximum atomic E-state index is 14.4. The van der Waals surface area contributed by atoms with E-state index in [1.165, 1.54) is 18.2 Å². The van der Waals surface area contributed by atoms with E-state index in [4.69, 9.17) is 0 Å². The van der Waals surface area contributed by atoms with Gasteiger partial charge in [0.15, 0.2) is 0 Å². The van der Waals surface area contributed by atoms with Crippen molar-refractivity contribution in [2.24, 2.45) is 0 Å². The molecule has 1 aliphatic rings. The summed E-state index contributed by atoms with van der Waals surface area (Å²) in [6.07, 6.45) is 1.21. The fraction of sp³-hybridized carbons (Fsp3) is 0.158. The van der Waals surface area contributed by atoms with Crippen LogP contribution in [0.25, 0.3) is 17.3 Å². The lowest BCUT2D eigenvalue weighted by Crippen LogP contribution is -2.50. The number of hydrogen-bond acceptors (Lipinski definition) is 4. The Labute approximate surface area is 270 Å². The molecule has 3 aromatic carbocycles. The molecule has 0 saturated heterocycles. The zero-order valence-corrected chi connectivity index (χ0v) is 25.3. The normalized spacial score (nSPS) is 13.4. The molecular formula is C38H31F3N4O2. The lowest BCUT2D eigenvalue weighted by Gasteiger charge is -2.33. The van der Waals surface area contributed by atoms with Gasteiger partial charge in [-0.05, 0) is 52.1 Å². The molecule has 5 aromatic rings. The summed E-state index contributed by atoms with van der Waals surface area (Å²) in [6, 6.07) is 32.0. The van der Waals surface area contributed by atoms with Gasteiger partial charge in [-0.25, -0.2) is 0 Å². The Kier molecular flexibility index (Phi) is 9.24. The first-order chi connectivity index (χ1) is 22.7. The Bertz CT molecular complexity index is 1840. The van der Waals surface area contributed by atoms with Gasteiger partial charge >= 0.3 is 6.18 Å². The number of pyridine rings is 2. The Morgan fingerprint density at radius 1 is 0.787 bits per heavy atom. The number of amides is 2. The Morgan fingerprint density at radius 3 is 2.09 bits per heavy atom. The summed E-state index contributed by atoms with van der Waals surface area (Å²) in [5, 5.41) is 0. The highest BCUT2D eigenvalue weighted by molar-refractivity contribution is 5.96. The average Bonchev–Trinajstić information content (AvgIpc) is 3.54. The van der Waals surface area contributed by atoms with E-state index >= 15 is 0 Å². The van der Waals surface area contributed by atoms with Gasteiger partial charge in [-0.2, -0.15) is 13.2 Å². The molecule has 1 atom stereocenters. The maximum absolute atomic E-state index is 14.4. The molecule has 2 amide bonds. The quantitative estimate of drug-likeness (QED) is 0.159. The number of nitrogens with zero attached hydrogens (tertiary/aromatic N) is 4. The lowest BCUT2D eigenvalue weighted by atomic mass is 10.0. The van der Waals surface area contributed by atoms with E-state index in [1.807, 2.05) is 97.1 Å². The molecule has 9 heteroatoms. The first-order valence-electron chi connectivity index (χ1n) is 15.2. The molecule has 0 radical (unpaired) electrons. The van der Waals surface area contributed by atoms with Crippen LogP contribution in [0.2, 0.25) is 0 Å². The third kappa shape index (κ3) is 7.64.